The van der Waals surface area contributed by atoms with Crippen molar-refractivity contribution in [2.24, 2.45) is 5.92 Å². The first kappa shape index (κ1) is 25.3. The van der Waals surface area contributed by atoms with Crippen LogP contribution in [0.1, 0.15) is 31.0 Å². The summed E-state index contributed by atoms with van der Waals surface area (Å²) in [5.41, 5.74) is 0.285. The number of fused-ring (bicyclic) bond motifs is 1. The number of thiazole rings is 1. The lowest BCUT2D eigenvalue weighted by atomic mass is 9.95. The molecule has 2 heterocycles. The standard InChI is InChI=1S/C28H22F2N2O5S/c1-14(2)13-37-19-5-3-4-16(10-19)25(34)22-24(15-6-8-18(33)9-7-15)32(27(36)26(22)35)28-31-23-20(30)11-17(29)12-21(23)38-28/h3-12,14,24,33-34H,13H2,1-2H3/b25-22+. The third kappa shape index (κ3) is 4.58. The van der Waals surface area contributed by atoms with E-state index in [1.165, 1.54) is 24.3 Å². The number of phenols is 1. The van der Waals surface area contributed by atoms with Crippen LogP contribution < -0.4 is 9.64 Å². The average Bonchev–Trinajstić information content (AvgIpc) is 3.41. The number of Topliss-reactive ketones (excluding diaryl/α,β-unsaturated/α-hetero) is 1. The van der Waals surface area contributed by atoms with Crippen molar-refractivity contribution in [1.29, 1.82) is 0 Å². The molecule has 0 spiro atoms. The molecule has 3 aromatic carbocycles. The van der Waals surface area contributed by atoms with Gasteiger partial charge in [-0.15, -0.1) is 0 Å². The molecule has 4 aromatic rings. The van der Waals surface area contributed by atoms with Gasteiger partial charge in [-0.2, -0.15) is 0 Å². The number of aliphatic hydroxyl groups is 1. The van der Waals surface area contributed by atoms with E-state index in [4.69, 9.17) is 4.74 Å². The molecule has 7 nitrogen and oxygen atoms in total. The molecule has 5 rings (SSSR count). The number of aromatic hydroxyl groups is 1. The second kappa shape index (κ2) is 9.86. The van der Waals surface area contributed by atoms with E-state index in [0.29, 0.717) is 24.0 Å². The van der Waals surface area contributed by atoms with E-state index in [0.717, 1.165) is 22.3 Å². The number of amides is 1. The van der Waals surface area contributed by atoms with Crippen LogP contribution in [0.25, 0.3) is 16.0 Å². The van der Waals surface area contributed by atoms with E-state index in [1.807, 2.05) is 13.8 Å². The fourth-order valence-electron chi connectivity index (χ4n) is 4.20. The third-order valence-electron chi connectivity index (χ3n) is 5.95. The Hall–Kier alpha value is -4.31. The number of rotatable bonds is 6. The highest BCUT2D eigenvalue weighted by atomic mass is 32.1. The van der Waals surface area contributed by atoms with E-state index in [1.54, 1.807) is 24.3 Å². The third-order valence-corrected chi connectivity index (χ3v) is 6.95. The van der Waals surface area contributed by atoms with Gasteiger partial charge in [-0.1, -0.05) is 49.4 Å². The van der Waals surface area contributed by atoms with Crippen LogP contribution in [0.2, 0.25) is 0 Å². The first-order valence-electron chi connectivity index (χ1n) is 11.7. The minimum absolute atomic E-state index is 0.0433. The van der Waals surface area contributed by atoms with Crippen LogP contribution in [-0.2, 0) is 9.59 Å². The predicted molar refractivity (Wildman–Crippen MR) is 139 cm³/mol. The van der Waals surface area contributed by atoms with Gasteiger partial charge in [-0.25, -0.2) is 13.8 Å². The minimum Gasteiger partial charge on any atom is -0.508 e. The summed E-state index contributed by atoms with van der Waals surface area (Å²) in [6, 6.07) is 12.9. The molecule has 1 aliphatic heterocycles. The van der Waals surface area contributed by atoms with Crippen molar-refractivity contribution in [2.75, 3.05) is 11.5 Å². The smallest absolute Gasteiger partial charge is 0.301 e. The van der Waals surface area contributed by atoms with Gasteiger partial charge in [0.15, 0.2) is 10.9 Å². The van der Waals surface area contributed by atoms with Gasteiger partial charge in [0.1, 0.15) is 28.6 Å². The van der Waals surface area contributed by atoms with E-state index in [-0.39, 0.29) is 38.2 Å². The van der Waals surface area contributed by atoms with Gasteiger partial charge < -0.3 is 14.9 Å². The van der Waals surface area contributed by atoms with Crippen LogP contribution in [0.5, 0.6) is 11.5 Å². The van der Waals surface area contributed by atoms with Crippen molar-refractivity contribution in [3.05, 3.63) is 89.0 Å². The second-order valence-electron chi connectivity index (χ2n) is 9.22. The van der Waals surface area contributed by atoms with Crippen LogP contribution >= 0.6 is 11.3 Å². The summed E-state index contributed by atoms with van der Waals surface area (Å²) in [7, 11) is 0. The quantitative estimate of drug-likeness (QED) is 0.180. The van der Waals surface area contributed by atoms with E-state index in [2.05, 4.69) is 4.98 Å². The summed E-state index contributed by atoms with van der Waals surface area (Å²) in [6.45, 7) is 4.42. The molecule has 1 amide bonds. The Morgan fingerprint density at radius 1 is 1.11 bits per heavy atom. The van der Waals surface area contributed by atoms with Crippen LogP contribution in [0.15, 0.2) is 66.2 Å². The Labute approximate surface area is 220 Å². The largest absolute Gasteiger partial charge is 0.508 e. The lowest BCUT2D eigenvalue weighted by molar-refractivity contribution is -0.132. The molecule has 0 bridgehead atoms. The molecule has 0 saturated carbocycles. The molecule has 1 saturated heterocycles. The normalized spacial score (nSPS) is 17.1. The van der Waals surface area contributed by atoms with Crippen molar-refractivity contribution < 1.29 is 33.3 Å². The van der Waals surface area contributed by atoms with Crippen LogP contribution in [-0.4, -0.2) is 33.5 Å². The first-order valence-corrected chi connectivity index (χ1v) is 12.5. The fraction of sp³-hybridized carbons (Fsp3) is 0.179. The number of ketones is 1. The van der Waals surface area contributed by atoms with E-state index >= 15 is 0 Å². The van der Waals surface area contributed by atoms with Gasteiger partial charge in [-0.05, 0) is 41.8 Å². The molecule has 0 aliphatic carbocycles. The predicted octanol–water partition coefficient (Wildman–Crippen LogP) is 5.94. The number of hydrogen-bond donors (Lipinski definition) is 2. The van der Waals surface area contributed by atoms with Crippen molar-refractivity contribution in [2.45, 2.75) is 19.9 Å². The first-order chi connectivity index (χ1) is 18.1. The Morgan fingerprint density at radius 2 is 1.84 bits per heavy atom. The highest BCUT2D eigenvalue weighted by molar-refractivity contribution is 7.22. The molecule has 1 fully saturated rings. The molecule has 1 aromatic heterocycles. The zero-order valence-electron chi connectivity index (χ0n) is 20.3. The summed E-state index contributed by atoms with van der Waals surface area (Å²) in [4.78, 5) is 31.9. The lowest BCUT2D eigenvalue weighted by Gasteiger charge is -2.23. The number of ether oxygens (including phenoxy) is 1. The molecular weight excluding hydrogens is 514 g/mol. The maximum Gasteiger partial charge on any atom is 0.301 e. The Balaban J connectivity index is 1.67. The van der Waals surface area contributed by atoms with Gasteiger partial charge in [0.25, 0.3) is 5.78 Å². The summed E-state index contributed by atoms with van der Waals surface area (Å²) < 4.78 is 34.1. The number of halogens is 2. The summed E-state index contributed by atoms with van der Waals surface area (Å²) >= 11 is 0.840. The summed E-state index contributed by atoms with van der Waals surface area (Å²) in [5.74, 6) is -3.41. The Morgan fingerprint density at radius 3 is 2.55 bits per heavy atom. The van der Waals surface area contributed by atoms with Gasteiger partial charge in [-0.3, -0.25) is 14.5 Å². The highest BCUT2D eigenvalue weighted by Crippen LogP contribution is 2.45. The van der Waals surface area contributed by atoms with Gasteiger partial charge in [0.05, 0.1) is 22.9 Å². The number of carbonyl (C=O) groups is 2. The maximum atomic E-state index is 14.4. The van der Waals surface area contributed by atoms with Gasteiger partial charge in [0, 0.05) is 11.6 Å². The van der Waals surface area contributed by atoms with Crippen molar-refractivity contribution in [3.8, 4) is 11.5 Å². The number of benzene rings is 3. The van der Waals surface area contributed by atoms with Crippen LogP contribution in [0, 0.1) is 17.6 Å². The van der Waals surface area contributed by atoms with Crippen LogP contribution in [0.3, 0.4) is 0 Å². The number of hydrogen-bond acceptors (Lipinski definition) is 7. The minimum atomic E-state index is -1.15. The lowest BCUT2D eigenvalue weighted by Crippen LogP contribution is -2.29. The monoisotopic (exact) mass is 536 g/mol. The number of aliphatic hydroxyl groups excluding tert-OH is 1. The summed E-state index contributed by atoms with van der Waals surface area (Å²) in [5, 5.41) is 21.1. The van der Waals surface area contributed by atoms with Crippen molar-refractivity contribution >= 4 is 44.1 Å². The summed E-state index contributed by atoms with van der Waals surface area (Å²) in [6.07, 6.45) is 0. The molecule has 38 heavy (non-hydrogen) atoms. The van der Waals surface area contributed by atoms with E-state index in [9.17, 15) is 28.6 Å². The maximum absolute atomic E-state index is 14.4. The Kier molecular flexibility index (Phi) is 6.58. The zero-order chi connectivity index (χ0) is 27.1. The molecule has 1 atom stereocenters. The van der Waals surface area contributed by atoms with E-state index < -0.39 is 35.1 Å². The number of phenolic OH excluding ortho intramolecular Hbond substituents is 1. The number of aromatic nitrogens is 1. The van der Waals surface area contributed by atoms with Crippen molar-refractivity contribution in [3.63, 3.8) is 0 Å². The molecule has 10 heteroatoms. The Bertz CT molecular complexity index is 1600. The fourth-order valence-corrected chi connectivity index (χ4v) is 5.23. The average molecular weight is 537 g/mol. The topological polar surface area (TPSA) is 100.0 Å². The number of carbonyl (C=O) groups excluding carboxylic acids is 2. The molecular formula is C28H22F2N2O5S. The zero-order valence-corrected chi connectivity index (χ0v) is 21.1. The number of nitrogens with zero attached hydrogens (tertiary/aromatic N) is 2. The number of anilines is 1. The highest BCUT2D eigenvalue weighted by Gasteiger charge is 2.48. The van der Waals surface area contributed by atoms with Gasteiger partial charge >= 0.3 is 5.91 Å². The second-order valence-corrected chi connectivity index (χ2v) is 10.2. The van der Waals surface area contributed by atoms with Crippen molar-refractivity contribution in [1.82, 2.24) is 4.98 Å². The molecule has 2 N–H and O–H groups in total. The molecule has 1 aliphatic rings. The SMILES string of the molecule is CC(C)COc1cccc(/C(O)=C2\C(=O)C(=O)N(c3nc4c(F)cc(F)cc4s3)C2c2ccc(O)cc2)c1. The molecule has 0 radical (unpaired) electrons. The molecule has 1 unspecified atom stereocenters. The van der Waals surface area contributed by atoms with Gasteiger partial charge in [0.2, 0.25) is 0 Å². The molecule has 194 valence electrons. The van der Waals surface area contributed by atoms with Crippen LogP contribution in [0.4, 0.5) is 13.9 Å².